The molecule has 0 radical (unpaired) electrons. The van der Waals surface area contributed by atoms with Crippen LogP contribution in [-0.4, -0.2) is 68.0 Å². The van der Waals surface area contributed by atoms with Crippen molar-refractivity contribution in [3.63, 3.8) is 0 Å². The van der Waals surface area contributed by atoms with Crippen LogP contribution in [0.5, 0.6) is 11.5 Å². The molecule has 172 valence electrons. The third-order valence-electron chi connectivity index (χ3n) is 5.62. The van der Waals surface area contributed by atoms with Gasteiger partial charge in [0.1, 0.15) is 11.5 Å². The van der Waals surface area contributed by atoms with Crippen molar-refractivity contribution in [1.29, 1.82) is 0 Å². The zero-order valence-electron chi connectivity index (χ0n) is 19.0. The number of nitrogens with one attached hydrogen (secondary N) is 2. The highest BCUT2D eigenvalue weighted by Gasteiger charge is 2.25. The second kappa shape index (κ2) is 13.2. The van der Waals surface area contributed by atoms with Gasteiger partial charge < -0.3 is 25.2 Å². The number of methoxy groups -OCH3 is 2. The molecule has 8 heteroatoms. The summed E-state index contributed by atoms with van der Waals surface area (Å²) in [5.41, 5.74) is 0.452. The Morgan fingerprint density at radius 2 is 1.80 bits per heavy atom. The number of halogens is 1. The Kier molecular flexibility index (Phi) is 11.8. The predicted octanol–water partition coefficient (Wildman–Crippen LogP) is 3.00. The molecule has 1 aliphatic heterocycles. The van der Waals surface area contributed by atoms with E-state index in [-0.39, 0.29) is 24.0 Å². The first-order valence-electron chi connectivity index (χ1n) is 10.7. The molecule has 0 aromatic heterocycles. The first-order chi connectivity index (χ1) is 13.9. The van der Waals surface area contributed by atoms with E-state index >= 15 is 0 Å². The summed E-state index contributed by atoms with van der Waals surface area (Å²) in [6, 6.07) is 6.35. The van der Waals surface area contributed by atoms with E-state index in [0.29, 0.717) is 25.4 Å². The van der Waals surface area contributed by atoms with Gasteiger partial charge in [-0.25, -0.2) is 0 Å². The number of benzene rings is 1. The number of ether oxygens (including phenoxy) is 2. The molecule has 1 atom stereocenters. The zero-order chi connectivity index (χ0) is 21.3. The number of hydrogen-bond acceptors (Lipinski definition) is 5. The van der Waals surface area contributed by atoms with Gasteiger partial charge >= 0.3 is 0 Å². The van der Waals surface area contributed by atoms with Gasteiger partial charge in [-0.05, 0) is 43.9 Å². The van der Waals surface area contributed by atoms with E-state index in [2.05, 4.69) is 39.6 Å². The number of aliphatic imine (C=N–C) groups is 1. The Labute approximate surface area is 198 Å². The maximum Gasteiger partial charge on any atom is 0.191 e. The summed E-state index contributed by atoms with van der Waals surface area (Å²) in [5, 5.41) is 17.3. The van der Waals surface area contributed by atoms with Crippen LogP contribution in [0, 0.1) is 0 Å². The van der Waals surface area contributed by atoms with Crippen molar-refractivity contribution < 1.29 is 14.6 Å². The maximum atomic E-state index is 10.5. The van der Waals surface area contributed by atoms with Gasteiger partial charge in [0.2, 0.25) is 0 Å². The van der Waals surface area contributed by atoms with Crippen LogP contribution in [0.3, 0.4) is 0 Å². The van der Waals surface area contributed by atoms with Gasteiger partial charge in [0, 0.05) is 38.3 Å². The molecule has 0 spiro atoms. The molecule has 1 aromatic carbocycles. The summed E-state index contributed by atoms with van der Waals surface area (Å²) in [6.07, 6.45) is 2.46. The topological polar surface area (TPSA) is 78.4 Å². The molecule has 1 aromatic rings. The molecule has 0 saturated carbocycles. The Hall–Kier alpha value is -1.26. The summed E-state index contributed by atoms with van der Waals surface area (Å²) < 4.78 is 10.8. The molecule has 30 heavy (non-hydrogen) atoms. The van der Waals surface area contributed by atoms with Crippen molar-refractivity contribution >= 4 is 29.9 Å². The van der Waals surface area contributed by atoms with Gasteiger partial charge in [0.25, 0.3) is 0 Å². The first kappa shape index (κ1) is 26.8. The van der Waals surface area contributed by atoms with Crippen molar-refractivity contribution in [2.75, 3.05) is 40.4 Å². The quantitative estimate of drug-likeness (QED) is 0.244. The molecular weight excluding hydrogens is 495 g/mol. The summed E-state index contributed by atoms with van der Waals surface area (Å²) in [5.74, 6) is 2.41. The molecule has 1 fully saturated rings. The number of rotatable bonds is 10. The van der Waals surface area contributed by atoms with E-state index in [0.717, 1.165) is 50.1 Å². The fourth-order valence-electron chi connectivity index (χ4n) is 3.52. The number of aliphatic hydroxyl groups is 1. The van der Waals surface area contributed by atoms with E-state index in [4.69, 9.17) is 9.47 Å². The van der Waals surface area contributed by atoms with E-state index in [1.807, 2.05) is 19.9 Å². The van der Waals surface area contributed by atoms with Crippen molar-refractivity contribution in [2.45, 2.75) is 58.2 Å². The minimum Gasteiger partial charge on any atom is -0.497 e. The standard InChI is InChI=1S/C22H38N4O3.HI/c1-6-22(27,7-2)16-24-21(23-8-3)25-18-9-10-26(15-18)14-17-11-19(28-4)13-20(12-17)29-5;/h11-13,18,27H,6-10,14-16H2,1-5H3,(H2,23,24,25);1H. The van der Waals surface area contributed by atoms with Crippen LogP contribution in [0.1, 0.15) is 45.6 Å². The third-order valence-corrected chi connectivity index (χ3v) is 5.62. The highest BCUT2D eigenvalue weighted by atomic mass is 127. The lowest BCUT2D eigenvalue weighted by Crippen LogP contribution is -2.45. The van der Waals surface area contributed by atoms with Crippen LogP contribution in [0.2, 0.25) is 0 Å². The molecule has 1 heterocycles. The van der Waals surface area contributed by atoms with E-state index in [1.165, 1.54) is 5.56 Å². The van der Waals surface area contributed by atoms with Crippen LogP contribution < -0.4 is 20.1 Å². The molecule has 0 aliphatic carbocycles. The third kappa shape index (κ3) is 8.11. The Morgan fingerprint density at radius 3 is 2.33 bits per heavy atom. The summed E-state index contributed by atoms with van der Waals surface area (Å²) in [7, 11) is 3.35. The van der Waals surface area contributed by atoms with E-state index in [1.54, 1.807) is 14.2 Å². The average Bonchev–Trinajstić information content (AvgIpc) is 3.18. The highest BCUT2D eigenvalue weighted by Crippen LogP contribution is 2.24. The molecule has 1 aliphatic rings. The van der Waals surface area contributed by atoms with Crippen LogP contribution in [-0.2, 0) is 6.54 Å². The van der Waals surface area contributed by atoms with Crippen molar-refractivity contribution in [3.05, 3.63) is 23.8 Å². The number of likely N-dealkylation sites (tertiary alicyclic amines) is 1. The largest absolute Gasteiger partial charge is 0.497 e. The van der Waals surface area contributed by atoms with Crippen molar-refractivity contribution in [3.8, 4) is 11.5 Å². The van der Waals surface area contributed by atoms with E-state index in [9.17, 15) is 5.11 Å². The normalized spacial score (nSPS) is 17.4. The first-order valence-corrected chi connectivity index (χ1v) is 10.7. The Morgan fingerprint density at radius 1 is 1.17 bits per heavy atom. The minimum atomic E-state index is -0.727. The molecule has 3 N–H and O–H groups in total. The van der Waals surface area contributed by atoms with Gasteiger partial charge in [-0.2, -0.15) is 0 Å². The molecule has 0 bridgehead atoms. The second-order valence-electron chi connectivity index (χ2n) is 7.71. The molecule has 0 amide bonds. The lowest BCUT2D eigenvalue weighted by atomic mass is 9.98. The van der Waals surface area contributed by atoms with Crippen LogP contribution >= 0.6 is 24.0 Å². The number of nitrogens with zero attached hydrogens (tertiary/aromatic N) is 2. The lowest BCUT2D eigenvalue weighted by molar-refractivity contribution is 0.0417. The lowest BCUT2D eigenvalue weighted by Gasteiger charge is -2.24. The minimum absolute atomic E-state index is 0. The molecule has 2 rings (SSSR count). The molecular formula is C22H39IN4O3. The van der Waals surface area contributed by atoms with Gasteiger partial charge in [-0.3, -0.25) is 9.89 Å². The summed E-state index contributed by atoms with van der Waals surface area (Å²) in [6.45, 7) is 10.1. The summed E-state index contributed by atoms with van der Waals surface area (Å²) in [4.78, 5) is 7.06. The van der Waals surface area contributed by atoms with Crippen LogP contribution in [0.4, 0.5) is 0 Å². The fraction of sp³-hybridized carbons (Fsp3) is 0.682. The zero-order valence-corrected chi connectivity index (χ0v) is 21.4. The smallest absolute Gasteiger partial charge is 0.191 e. The Bertz CT molecular complexity index is 646. The average molecular weight is 534 g/mol. The Balaban J connectivity index is 0.00000450. The predicted molar refractivity (Wildman–Crippen MR) is 133 cm³/mol. The van der Waals surface area contributed by atoms with Crippen molar-refractivity contribution in [1.82, 2.24) is 15.5 Å². The van der Waals surface area contributed by atoms with Crippen molar-refractivity contribution in [2.24, 2.45) is 4.99 Å². The monoisotopic (exact) mass is 534 g/mol. The SMILES string of the molecule is CCNC(=NCC(O)(CC)CC)NC1CCN(Cc2cc(OC)cc(OC)c2)C1.I. The second-order valence-corrected chi connectivity index (χ2v) is 7.71. The van der Waals surface area contributed by atoms with Gasteiger partial charge in [-0.15, -0.1) is 24.0 Å². The van der Waals surface area contributed by atoms with Crippen LogP contribution in [0.15, 0.2) is 23.2 Å². The number of hydrogen-bond donors (Lipinski definition) is 3. The van der Waals surface area contributed by atoms with Crippen LogP contribution in [0.25, 0.3) is 0 Å². The van der Waals surface area contributed by atoms with E-state index < -0.39 is 5.60 Å². The molecule has 7 nitrogen and oxygen atoms in total. The van der Waals surface area contributed by atoms with Gasteiger partial charge in [-0.1, -0.05) is 13.8 Å². The van der Waals surface area contributed by atoms with Gasteiger partial charge in [0.05, 0.1) is 26.4 Å². The van der Waals surface area contributed by atoms with Gasteiger partial charge in [0.15, 0.2) is 5.96 Å². The fourth-order valence-corrected chi connectivity index (χ4v) is 3.52. The number of guanidine groups is 1. The summed E-state index contributed by atoms with van der Waals surface area (Å²) >= 11 is 0. The molecule has 1 unspecified atom stereocenters. The molecule has 1 saturated heterocycles. The highest BCUT2D eigenvalue weighted by molar-refractivity contribution is 14.0. The maximum absolute atomic E-state index is 10.5.